The summed E-state index contributed by atoms with van der Waals surface area (Å²) in [5, 5.41) is 2.60. The molecule has 1 aromatic heterocycles. The quantitative estimate of drug-likeness (QED) is 0.560. The Balaban J connectivity index is 1.31. The van der Waals surface area contributed by atoms with Gasteiger partial charge in [-0.1, -0.05) is 42.1 Å². The normalized spacial score (nSPS) is 16.2. The Morgan fingerprint density at radius 1 is 1.14 bits per heavy atom. The maximum atomic E-state index is 5.23. The van der Waals surface area contributed by atoms with E-state index in [0.717, 1.165) is 51.6 Å². The number of rotatable bonds is 7. The van der Waals surface area contributed by atoms with Gasteiger partial charge in [-0.15, -0.1) is 11.8 Å². The van der Waals surface area contributed by atoms with Crippen LogP contribution in [0.5, 0.6) is 5.75 Å². The smallest absolute Gasteiger partial charge is 0.165 e. The van der Waals surface area contributed by atoms with Gasteiger partial charge < -0.3 is 9.72 Å². The molecule has 0 aliphatic carbocycles. The van der Waals surface area contributed by atoms with Gasteiger partial charge in [-0.05, 0) is 36.8 Å². The lowest BCUT2D eigenvalue weighted by atomic mass is 10.1. The Morgan fingerprint density at radius 3 is 2.68 bits per heavy atom. The van der Waals surface area contributed by atoms with Crippen LogP contribution in [-0.4, -0.2) is 39.7 Å². The highest BCUT2D eigenvalue weighted by atomic mass is 32.2. The number of aryl methyl sites for hydroxylation is 1. The minimum Gasteiger partial charge on any atom is -0.497 e. The minimum atomic E-state index is 0.477. The maximum Gasteiger partial charge on any atom is 0.165 e. The molecule has 144 valence electrons. The summed E-state index contributed by atoms with van der Waals surface area (Å²) < 4.78 is 5.23. The highest BCUT2D eigenvalue weighted by Gasteiger charge is 2.21. The number of methoxy groups -OCH3 is 1. The fourth-order valence-electron chi connectivity index (χ4n) is 3.07. The van der Waals surface area contributed by atoms with Gasteiger partial charge in [0.15, 0.2) is 5.16 Å². The van der Waals surface area contributed by atoms with E-state index in [1.165, 1.54) is 5.56 Å². The topological polar surface area (TPSA) is 50.3 Å². The second-order valence-corrected chi connectivity index (χ2v) is 9.00. The summed E-state index contributed by atoms with van der Waals surface area (Å²) in [5.74, 6) is 1.87. The lowest BCUT2D eigenvalue weighted by Gasteiger charge is -2.07. The summed E-state index contributed by atoms with van der Waals surface area (Å²) in [6.45, 7) is 2.96. The summed E-state index contributed by atoms with van der Waals surface area (Å²) >= 11 is 3.64. The highest BCUT2D eigenvalue weighted by Crippen LogP contribution is 2.31. The SMILES string of the molecule is COc1ccc(C2=NC[C@H](CSc3nc(Cc4ccccc4)c(C)[nH]3)S2)cc1. The molecule has 0 radical (unpaired) electrons. The predicted octanol–water partition coefficient (Wildman–Crippen LogP) is 4.97. The molecule has 0 amide bonds. The van der Waals surface area contributed by atoms with Crippen LogP contribution in [-0.2, 0) is 6.42 Å². The number of aromatic nitrogens is 2. The van der Waals surface area contributed by atoms with E-state index in [4.69, 9.17) is 14.7 Å². The van der Waals surface area contributed by atoms with E-state index in [2.05, 4.69) is 48.3 Å². The number of aliphatic imine (C=N–C) groups is 1. The van der Waals surface area contributed by atoms with Gasteiger partial charge in [0.25, 0.3) is 0 Å². The Hall–Kier alpha value is -2.18. The molecule has 2 heterocycles. The number of thioether (sulfide) groups is 2. The van der Waals surface area contributed by atoms with Crippen molar-refractivity contribution in [2.24, 2.45) is 4.99 Å². The fourth-order valence-corrected chi connectivity index (χ4v) is 5.28. The highest BCUT2D eigenvalue weighted by molar-refractivity contribution is 8.16. The van der Waals surface area contributed by atoms with Crippen molar-refractivity contribution in [3.8, 4) is 5.75 Å². The molecule has 28 heavy (non-hydrogen) atoms. The van der Waals surface area contributed by atoms with Gasteiger partial charge in [0.05, 0.1) is 24.4 Å². The van der Waals surface area contributed by atoms with Crippen LogP contribution in [0.1, 0.15) is 22.5 Å². The van der Waals surface area contributed by atoms with Crippen LogP contribution in [0.15, 0.2) is 64.7 Å². The van der Waals surface area contributed by atoms with Crippen molar-refractivity contribution in [2.45, 2.75) is 23.8 Å². The number of imidazole rings is 1. The van der Waals surface area contributed by atoms with Gasteiger partial charge in [-0.25, -0.2) is 4.98 Å². The van der Waals surface area contributed by atoms with Gasteiger partial charge in [0.1, 0.15) is 5.75 Å². The number of benzene rings is 2. The summed E-state index contributed by atoms with van der Waals surface area (Å²) in [6.07, 6.45) is 0.868. The number of ether oxygens (including phenoxy) is 1. The Kier molecular flexibility index (Phi) is 6.07. The number of nitrogens with zero attached hydrogens (tertiary/aromatic N) is 2. The largest absolute Gasteiger partial charge is 0.497 e. The summed E-state index contributed by atoms with van der Waals surface area (Å²) in [7, 11) is 1.69. The van der Waals surface area contributed by atoms with Crippen LogP contribution >= 0.6 is 23.5 Å². The van der Waals surface area contributed by atoms with E-state index in [1.54, 1.807) is 18.9 Å². The number of aromatic amines is 1. The molecule has 1 aliphatic rings. The number of hydrogen-bond acceptors (Lipinski definition) is 5. The molecule has 0 spiro atoms. The second kappa shape index (κ2) is 8.88. The first-order valence-corrected chi connectivity index (χ1v) is 11.2. The number of hydrogen-bond donors (Lipinski definition) is 1. The standard InChI is InChI=1S/C22H23N3OS2/c1-15-20(12-16-6-4-3-5-7-16)25-22(24-15)27-14-19-13-23-21(28-19)17-8-10-18(26-2)11-9-17/h3-11,19H,12-14H2,1-2H3,(H,24,25)/t19-/m1/s1. The second-order valence-electron chi connectivity index (χ2n) is 6.70. The average molecular weight is 410 g/mol. The Bertz CT molecular complexity index is 952. The van der Waals surface area contributed by atoms with E-state index >= 15 is 0 Å². The molecular formula is C22H23N3OS2. The van der Waals surface area contributed by atoms with E-state index in [1.807, 2.05) is 30.0 Å². The molecule has 3 aromatic rings. The lowest BCUT2D eigenvalue weighted by molar-refractivity contribution is 0.415. The molecule has 1 aliphatic heterocycles. The molecule has 0 unspecified atom stereocenters. The summed E-state index contributed by atoms with van der Waals surface area (Å²) in [6, 6.07) is 18.6. The van der Waals surface area contributed by atoms with Crippen molar-refractivity contribution in [3.05, 3.63) is 77.1 Å². The number of nitrogens with one attached hydrogen (secondary N) is 1. The molecule has 0 saturated carbocycles. The zero-order valence-electron chi connectivity index (χ0n) is 16.0. The van der Waals surface area contributed by atoms with Crippen LogP contribution in [0.4, 0.5) is 0 Å². The first kappa shape index (κ1) is 19.2. The van der Waals surface area contributed by atoms with Gasteiger partial charge in [-0.3, -0.25) is 4.99 Å². The van der Waals surface area contributed by atoms with Crippen LogP contribution < -0.4 is 4.74 Å². The van der Waals surface area contributed by atoms with Crippen molar-refractivity contribution in [1.82, 2.24) is 9.97 Å². The van der Waals surface area contributed by atoms with Crippen molar-refractivity contribution >= 4 is 28.6 Å². The van der Waals surface area contributed by atoms with Crippen molar-refractivity contribution < 1.29 is 4.74 Å². The zero-order valence-corrected chi connectivity index (χ0v) is 17.6. The van der Waals surface area contributed by atoms with E-state index < -0.39 is 0 Å². The van der Waals surface area contributed by atoms with Gasteiger partial charge >= 0.3 is 0 Å². The first-order chi connectivity index (χ1) is 13.7. The predicted molar refractivity (Wildman–Crippen MR) is 119 cm³/mol. The molecule has 4 nitrogen and oxygen atoms in total. The van der Waals surface area contributed by atoms with Crippen LogP contribution in [0.3, 0.4) is 0 Å². The lowest BCUT2D eigenvalue weighted by Crippen LogP contribution is -2.07. The minimum absolute atomic E-state index is 0.477. The van der Waals surface area contributed by atoms with Crippen LogP contribution in [0.2, 0.25) is 0 Å². The van der Waals surface area contributed by atoms with E-state index in [0.29, 0.717) is 5.25 Å². The zero-order chi connectivity index (χ0) is 19.3. The molecule has 0 saturated heterocycles. The molecule has 6 heteroatoms. The Morgan fingerprint density at radius 2 is 1.93 bits per heavy atom. The molecule has 1 N–H and O–H groups in total. The third-order valence-corrected chi connectivity index (χ3v) is 7.12. The third-order valence-electron chi connectivity index (χ3n) is 4.64. The summed E-state index contributed by atoms with van der Waals surface area (Å²) in [5.41, 5.74) is 4.73. The van der Waals surface area contributed by atoms with E-state index in [9.17, 15) is 0 Å². The number of H-pyrrole nitrogens is 1. The van der Waals surface area contributed by atoms with Crippen LogP contribution in [0, 0.1) is 6.92 Å². The summed E-state index contributed by atoms with van der Waals surface area (Å²) in [4.78, 5) is 13.0. The Labute approximate surface area is 174 Å². The van der Waals surface area contributed by atoms with Crippen molar-refractivity contribution in [3.63, 3.8) is 0 Å². The third kappa shape index (κ3) is 4.62. The molecule has 0 bridgehead atoms. The van der Waals surface area contributed by atoms with Crippen molar-refractivity contribution in [1.29, 1.82) is 0 Å². The molecule has 4 rings (SSSR count). The van der Waals surface area contributed by atoms with Gasteiger partial charge in [0.2, 0.25) is 0 Å². The first-order valence-electron chi connectivity index (χ1n) is 9.29. The van der Waals surface area contributed by atoms with Gasteiger partial charge in [0, 0.05) is 28.7 Å². The monoisotopic (exact) mass is 409 g/mol. The molecule has 0 fully saturated rings. The average Bonchev–Trinajstić information content (AvgIpc) is 3.34. The van der Waals surface area contributed by atoms with Crippen molar-refractivity contribution in [2.75, 3.05) is 19.4 Å². The molecule has 1 atom stereocenters. The van der Waals surface area contributed by atoms with E-state index in [-0.39, 0.29) is 0 Å². The maximum absolute atomic E-state index is 5.23. The van der Waals surface area contributed by atoms with Gasteiger partial charge in [-0.2, -0.15) is 0 Å². The fraction of sp³-hybridized carbons (Fsp3) is 0.273. The van der Waals surface area contributed by atoms with Crippen LogP contribution in [0.25, 0.3) is 0 Å². The molecular weight excluding hydrogens is 386 g/mol. The molecule has 2 aromatic carbocycles.